The fraction of sp³-hybridized carbons (Fsp3) is 0.357. The minimum atomic E-state index is -1.48. The quantitative estimate of drug-likeness (QED) is 0.311. The molecule has 0 aliphatic heterocycles. The summed E-state index contributed by atoms with van der Waals surface area (Å²) in [5.41, 5.74) is 0.396. The van der Waals surface area contributed by atoms with Crippen molar-refractivity contribution >= 4 is 28.5 Å². The van der Waals surface area contributed by atoms with Crippen LogP contribution in [0.4, 0.5) is 4.39 Å². The van der Waals surface area contributed by atoms with Gasteiger partial charge in [-0.15, -0.1) is 0 Å². The van der Waals surface area contributed by atoms with Gasteiger partial charge in [-0.3, -0.25) is 18.6 Å². The second kappa shape index (κ2) is 8.49. The van der Waals surface area contributed by atoms with Crippen molar-refractivity contribution in [1.29, 1.82) is 0 Å². The van der Waals surface area contributed by atoms with Crippen molar-refractivity contribution in [1.82, 2.24) is 5.06 Å². The molecule has 0 bridgehead atoms. The molecule has 0 aromatic heterocycles. The van der Waals surface area contributed by atoms with Gasteiger partial charge in [-0.25, -0.2) is 14.2 Å². The molecule has 1 aromatic carbocycles. The number of ketones is 1. The first-order chi connectivity index (χ1) is 10.8. The molecule has 0 aliphatic carbocycles. The summed E-state index contributed by atoms with van der Waals surface area (Å²) in [5.74, 6) is -3.49. The molecule has 0 fully saturated rings. The topological polar surface area (TPSA) is 90.0 Å². The second-order valence-electron chi connectivity index (χ2n) is 4.41. The van der Waals surface area contributed by atoms with Crippen molar-refractivity contribution < 1.29 is 32.6 Å². The summed E-state index contributed by atoms with van der Waals surface area (Å²) in [6.45, 7) is -0.154. The Hall–Kier alpha value is -2.13. The van der Waals surface area contributed by atoms with Crippen LogP contribution < -0.4 is 0 Å². The Morgan fingerprint density at radius 2 is 1.91 bits per heavy atom. The minimum absolute atomic E-state index is 0.154. The molecular formula is C14H16FNO6S. The molecule has 0 radical (unpaired) electrons. The number of ether oxygens (including phenoxy) is 1. The van der Waals surface area contributed by atoms with Crippen LogP contribution in [0.25, 0.3) is 0 Å². The largest absolute Gasteiger partial charge is 0.463 e. The van der Waals surface area contributed by atoms with Crippen molar-refractivity contribution in [3.8, 4) is 0 Å². The molecule has 0 aliphatic rings. The number of Topliss-reactive ketones (excluding diaryl/α,β-unsaturated/α-hetero) is 1. The Kier molecular flexibility index (Phi) is 6.98. The number of carbonyl (C=O) groups is 3. The lowest BCUT2D eigenvalue weighted by Gasteiger charge is -2.20. The molecule has 0 saturated carbocycles. The van der Waals surface area contributed by atoms with Gasteiger partial charge in [0.05, 0.1) is 38.0 Å². The van der Waals surface area contributed by atoms with Gasteiger partial charge in [0.25, 0.3) is 5.91 Å². The fourth-order valence-corrected chi connectivity index (χ4v) is 2.53. The number of hydrogen-bond donors (Lipinski definition) is 0. The van der Waals surface area contributed by atoms with Crippen molar-refractivity contribution in [2.75, 3.05) is 20.5 Å². The van der Waals surface area contributed by atoms with Gasteiger partial charge in [-0.1, -0.05) is 6.07 Å². The van der Waals surface area contributed by atoms with Crippen LogP contribution in [0, 0.1) is 5.82 Å². The molecular weight excluding hydrogens is 329 g/mol. The molecule has 1 amide bonds. The highest BCUT2D eigenvalue weighted by Crippen LogP contribution is 2.17. The molecule has 0 heterocycles. The predicted octanol–water partition coefficient (Wildman–Crippen LogP) is 0.585. The van der Waals surface area contributed by atoms with Crippen LogP contribution in [0.1, 0.15) is 12.0 Å². The normalized spacial score (nSPS) is 11.7. The molecule has 0 N–H and O–H groups in total. The third-order valence-corrected chi connectivity index (χ3v) is 3.88. The summed E-state index contributed by atoms with van der Waals surface area (Å²) in [6, 6.07) is 3.63. The van der Waals surface area contributed by atoms with Gasteiger partial charge < -0.3 is 4.74 Å². The smallest absolute Gasteiger partial charge is 0.374 e. The third-order valence-electron chi connectivity index (χ3n) is 2.88. The van der Waals surface area contributed by atoms with Crippen LogP contribution in [0.5, 0.6) is 0 Å². The lowest BCUT2D eigenvalue weighted by molar-refractivity contribution is -0.180. The summed E-state index contributed by atoms with van der Waals surface area (Å²) in [4.78, 5) is 39.5. The van der Waals surface area contributed by atoms with E-state index in [1.54, 1.807) is 0 Å². The third kappa shape index (κ3) is 5.22. The molecule has 0 saturated heterocycles. The van der Waals surface area contributed by atoms with Gasteiger partial charge in [0.2, 0.25) is 5.78 Å². The first-order valence-corrected chi connectivity index (χ1v) is 7.93. The van der Waals surface area contributed by atoms with Gasteiger partial charge >= 0.3 is 5.97 Å². The molecule has 1 rings (SSSR count). The van der Waals surface area contributed by atoms with E-state index in [9.17, 15) is 23.0 Å². The van der Waals surface area contributed by atoms with Crippen LogP contribution in [-0.4, -0.2) is 47.4 Å². The van der Waals surface area contributed by atoms with E-state index in [-0.39, 0.29) is 11.4 Å². The Labute approximate surface area is 134 Å². The zero-order valence-corrected chi connectivity index (χ0v) is 13.6. The maximum Gasteiger partial charge on any atom is 0.374 e. The first kappa shape index (κ1) is 18.9. The average molecular weight is 345 g/mol. The maximum absolute atomic E-state index is 13.2. The number of benzene rings is 1. The van der Waals surface area contributed by atoms with E-state index in [1.165, 1.54) is 19.4 Å². The van der Waals surface area contributed by atoms with E-state index >= 15 is 0 Å². The molecule has 1 unspecified atom stereocenters. The van der Waals surface area contributed by atoms with E-state index in [1.807, 2.05) is 0 Å². The van der Waals surface area contributed by atoms with Crippen molar-refractivity contribution in [3.05, 3.63) is 29.6 Å². The molecule has 7 nitrogen and oxygen atoms in total. The lowest BCUT2D eigenvalue weighted by atomic mass is 10.2. The second-order valence-corrected chi connectivity index (χ2v) is 5.76. The van der Waals surface area contributed by atoms with E-state index in [2.05, 4.69) is 4.74 Å². The Morgan fingerprint density at radius 1 is 1.26 bits per heavy atom. The molecule has 126 valence electrons. The number of amides is 1. The highest BCUT2D eigenvalue weighted by atomic mass is 32.2. The van der Waals surface area contributed by atoms with Crippen molar-refractivity contribution in [2.24, 2.45) is 0 Å². The summed E-state index contributed by atoms with van der Waals surface area (Å²) in [6.07, 6.45) is 0.643. The van der Waals surface area contributed by atoms with E-state index in [4.69, 9.17) is 4.84 Å². The van der Waals surface area contributed by atoms with Crippen LogP contribution in [0.15, 0.2) is 23.1 Å². The van der Waals surface area contributed by atoms with Crippen LogP contribution in [-0.2, 0) is 41.3 Å². The first-order valence-electron chi connectivity index (χ1n) is 6.37. The van der Waals surface area contributed by atoms with E-state index < -0.39 is 40.7 Å². The number of nitrogens with zero attached hydrogens (tertiary/aromatic N) is 1. The number of rotatable bonds is 7. The van der Waals surface area contributed by atoms with Gasteiger partial charge in [0.1, 0.15) is 5.82 Å². The minimum Gasteiger partial charge on any atom is -0.463 e. The van der Waals surface area contributed by atoms with Crippen molar-refractivity contribution in [3.63, 3.8) is 0 Å². The summed E-state index contributed by atoms with van der Waals surface area (Å²) in [7, 11) is 0.752. The lowest BCUT2D eigenvalue weighted by Crippen LogP contribution is -2.33. The summed E-state index contributed by atoms with van der Waals surface area (Å²) in [5, 5.41) is 0.824. The predicted molar refractivity (Wildman–Crippen MR) is 77.9 cm³/mol. The molecule has 1 aromatic rings. The van der Waals surface area contributed by atoms with Crippen molar-refractivity contribution in [2.45, 2.75) is 17.9 Å². The summed E-state index contributed by atoms with van der Waals surface area (Å²) >= 11 is 0. The maximum atomic E-state index is 13.2. The number of hydrogen-bond acceptors (Lipinski definition) is 6. The van der Waals surface area contributed by atoms with Gasteiger partial charge in [0.15, 0.2) is 0 Å². The van der Waals surface area contributed by atoms with Crippen LogP contribution in [0.3, 0.4) is 0 Å². The highest BCUT2D eigenvalue weighted by Gasteiger charge is 2.24. The Balaban J connectivity index is 2.92. The average Bonchev–Trinajstić information content (AvgIpc) is 2.52. The molecule has 9 heteroatoms. The fourth-order valence-electron chi connectivity index (χ4n) is 1.75. The summed E-state index contributed by atoms with van der Waals surface area (Å²) < 4.78 is 29.1. The number of hydroxylamine groups is 2. The monoisotopic (exact) mass is 345 g/mol. The zero-order chi connectivity index (χ0) is 17.6. The number of halogens is 1. The zero-order valence-electron chi connectivity index (χ0n) is 12.8. The van der Waals surface area contributed by atoms with E-state index in [0.717, 1.165) is 24.3 Å². The number of methoxy groups -OCH3 is 1. The SMILES string of the molecule is COC(=O)C(=O)CC(=O)N(Cc1ccc(F)cc1S(C)=O)OC. The Morgan fingerprint density at radius 3 is 2.43 bits per heavy atom. The molecule has 0 spiro atoms. The van der Waals surface area contributed by atoms with Crippen LogP contribution in [0.2, 0.25) is 0 Å². The molecule has 1 atom stereocenters. The number of esters is 1. The standard InChI is InChI=1S/C14H16FNO6S/c1-21-14(19)11(17)7-13(18)16(22-2)8-9-4-5-10(15)6-12(9)23(3)20/h4-6H,7-8H2,1-3H3. The number of carbonyl (C=O) groups excluding carboxylic acids is 3. The van der Waals surface area contributed by atoms with Crippen LogP contribution >= 0.6 is 0 Å². The highest BCUT2D eigenvalue weighted by molar-refractivity contribution is 7.84. The van der Waals surface area contributed by atoms with Gasteiger partial charge in [-0.2, -0.15) is 0 Å². The van der Waals surface area contributed by atoms with Gasteiger partial charge in [0, 0.05) is 11.2 Å². The van der Waals surface area contributed by atoms with E-state index in [0.29, 0.717) is 5.56 Å². The molecule has 23 heavy (non-hydrogen) atoms. The van der Waals surface area contributed by atoms with Gasteiger partial charge in [-0.05, 0) is 17.7 Å². The Bertz CT molecular complexity index is 648.